The normalized spacial score (nSPS) is 9.82. The summed E-state index contributed by atoms with van der Waals surface area (Å²) in [6.45, 7) is 10.0. The Morgan fingerprint density at radius 1 is 1.29 bits per heavy atom. The van der Waals surface area contributed by atoms with Crippen molar-refractivity contribution in [3.8, 4) is 6.01 Å². The summed E-state index contributed by atoms with van der Waals surface area (Å²) in [5.41, 5.74) is 0. The topological polar surface area (TPSA) is 63.2 Å². The van der Waals surface area contributed by atoms with Gasteiger partial charge in [-0.1, -0.05) is 6.08 Å². The highest BCUT2D eigenvalue weighted by Gasteiger charge is 2.10. The lowest BCUT2D eigenvalue weighted by Crippen LogP contribution is -2.25. The van der Waals surface area contributed by atoms with Crippen molar-refractivity contribution in [3.05, 3.63) is 12.7 Å². The van der Waals surface area contributed by atoms with Crippen LogP contribution in [0, 0.1) is 0 Å². The van der Waals surface area contributed by atoms with Crippen molar-refractivity contribution in [2.45, 2.75) is 13.8 Å². The van der Waals surface area contributed by atoms with Gasteiger partial charge in [0.15, 0.2) is 0 Å². The molecule has 0 unspecified atom stereocenters. The minimum atomic E-state index is 0.313. The molecule has 0 radical (unpaired) electrons. The molecule has 0 saturated heterocycles. The molecule has 6 nitrogen and oxygen atoms in total. The Balaban J connectivity index is 2.99. The van der Waals surface area contributed by atoms with Gasteiger partial charge < -0.3 is 15.0 Å². The first-order valence-corrected chi connectivity index (χ1v) is 5.64. The van der Waals surface area contributed by atoms with Crippen LogP contribution in [0.5, 0.6) is 6.01 Å². The maximum absolute atomic E-state index is 5.06. The Bertz CT molecular complexity index is 365. The molecule has 0 aliphatic carbocycles. The highest BCUT2D eigenvalue weighted by molar-refractivity contribution is 5.38. The zero-order valence-electron chi connectivity index (χ0n) is 10.6. The van der Waals surface area contributed by atoms with Gasteiger partial charge in [0.2, 0.25) is 11.9 Å². The lowest BCUT2D eigenvalue weighted by atomic mass is 10.5. The van der Waals surface area contributed by atoms with Crippen LogP contribution < -0.4 is 15.0 Å². The van der Waals surface area contributed by atoms with Crippen molar-refractivity contribution < 1.29 is 4.74 Å². The van der Waals surface area contributed by atoms with Crippen molar-refractivity contribution in [1.82, 2.24) is 15.0 Å². The van der Waals surface area contributed by atoms with Gasteiger partial charge in [-0.15, -0.1) is 6.58 Å². The molecular formula is C11H19N5O. The largest absolute Gasteiger partial charge is 0.467 e. The maximum Gasteiger partial charge on any atom is 0.322 e. The van der Waals surface area contributed by atoms with Crippen LogP contribution in [0.2, 0.25) is 0 Å². The van der Waals surface area contributed by atoms with Gasteiger partial charge in [0.05, 0.1) is 7.11 Å². The molecule has 0 atom stereocenters. The summed E-state index contributed by atoms with van der Waals surface area (Å²) in [4.78, 5) is 14.7. The number of methoxy groups -OCH3 is 1. The van der Waals surface area contributed by atoms with Crippen LogP contribution in [0.3, 0.4) is 0 Å². The molecule has 0 aliphatic rings. The van der Waals surface area contributed by atoms with Crippen molar-refractivity contribution >= 4 is 11.9 Å². The Morgan fingerprint density at radius 3 is 2.53 bits per heavy atom. The Kier molecular flexibility index (Phi) is 5.19. The van der Waals surface area contributed by atoms with E-state index in [2.05, 4.69) is 40.7 Å². The summed E-state index contributed by atoms with van der Waals surface area (Å²) < 4.78 is 5.06. The zero-order chi connectivity index (χ0) is 12.7. The fourth-order valence-electron chi connectivity index (χ4n) is 1.33. The highest BCUT2D eigenvalue weighted by atomic mass is 16.5. The van der Waals surface area contributed by atoms with Gasteiger partial charge in [0, 0.05) is 19.6 Å². The maximum atomic E-state index is 5.06. The van der Waals surface area contributed by atoms with E-state index < -0.39 is 0 Å². The van der Waals surface area contributed by atoms with E-state index >= 15 is 0 Å². The molecule has 0 aliphatic heterocycles. The molecule has 0 bridgehead atoms. The van der Waals surface area contributed by atoms with Crippen LogP contribution in [0.15, 0.2) is 12.7 Å². The minimum absolute atomic E-state index is 0.313. The third-order valence-electron chi connectivity index (χ3n) is 2.24. The Labute approximate surface area is 102 Å². The molecule has 0 amide bonds. The SMILES string of the molecule is C=CCNc1nc(OC)nc(N(CC)CC)n1. The van der Waals surface area contributed by atoms with Gasteiger partial charge in [0.1, 0.15) is 0 Å². The zero-order valence-corrected chi connectivity index (χ0v) is 10.6. The third-order valence-corrected chi connectivity index (χ3v) is 2.24. The molecule has 6 heteroatoms. The van der Waals surface area contributed by atoms with E-state index in [0.29, 0.717) is 24.5 Å². The summed E-state index contributed by atoms with van der Waals surface area (Å²) >= 11 is 0. The molecule has 94 valence electrons. The van der Waals surface area contributed by atoms with Gasteiger partial charge >= 0.3 is 6.01 Å². The van der Waals surface area contributed by atoms with E-state index in [1.165, 1.54) is 0 Å². The Morgan fingerprint density at radius 2 is 2.00 bits per heavy atom. The van der Waals surface area contributed by atoms with Gasteiger partial charge in [0.25, 0.3) is 0 Å². The quantitative estimate of drug-likeness (QED) is 0.722. The van der Waals surface area contributed by atoms with Crippen LogP contribution >= 0.6 is 0 Å². The van der Waals surface area contributed by atoms with Crippen LogP contribution in [-0.2, 0) is 0 Å². The smallest absolute Gasteiger partial charge is 0.322 e. The predicted octanol–water partition coefficient (Wildman–Crippen LogP) is 1.32. The number of nitrogens with one attached hydrogen (secondary N) is 1. The van der Waals surface area contributed by atoms with Crippen LogP contribution in [0.25, 0.3) is 0 Å². The molecule has 0 fully saturated rings. The summed E-state index contributed by atoms with van der Waals surface area (Å²) in [7, 11) is 1.54. The van der Waals surface area contributed by atoms with Gasteiger partial charge in [-0.3, -0.25) is 0 Å². The molecule has 1 aromatic rings. The molecule has 1 rings (SSSR count). The second-order valence-electron chi connectivity index (χ2n) is 3.29. The van der Waals surface area contributed by atoms with Gasteiger partial charge in [-0.25, -0.2) is 0 Å². The van der Waals surface area contributed by atoms with Crippen molar-refractivity contribution in [1.29, 1.82) is 0 Å². The summed E-state index contributed by atoms with van der Waals surface area (Å²) in [6.07, 6.45) is 1.74. The van der Waals surface area contributed by atoms with Crippen LogP contribution in [0.4, 0.5) is 11.9 Å². The number of ether oxygens (including phenoxy) is 1. The highest BCUT2D eigenvalue weighted by Crippen LogP contribution is 2.14. The lowest BCUT2D eigenvalue weighted by Gasteiger charge is -2.19. The number of rotatable bonds is 7. The summed E-state index contributed by atoms with van der Waals surface area (Å²) in [5, 5.41) is 3.03. The minimum Gasteiger partial charge on any atom is -0.467 e. The van der Waals surface area contributed by atoms with E-state index in [9.17, 15) is 0 Å². The van der Waals surface area contributed by atoms with E-state index in [0.717, 1.165) is 13.1 Å². The number of nitrogens with zero attached hydrogens (tertiary/aromatic N) is 4. The first kappa shape index (κ1) is 13.2. The van der Waals surface area contributed by atoms with E-state index in [1.54, 1.807) is 13.2 Å². The lowest BCUT2D eigenvalue weighted by molar-refractivity contribution is 0.378. The molecule has 0 saturated carbocycles. The standard InChI is InChI=1S/C11H19N5O/c1-5-8-12-9-13-10(16(6-2)7-3)15-11(14-9)17-4/h5H,1,6-8H2,2-4H3,(H,12,13,14,15). The molecular weight excluding hydrogens is 218 g/mol. The number of anilines is 2. The number of hydrogen-bond acceptors (Lipinski definition) is 6. The van der Waals surface area contributed by atoms with Gasteiger partial charge in [-0.05, 0) is 13.8 Å². The van der Waals surface area contributed by atoms with E-state index in [1.807, 2.05) is 4.90 Å². The van der Waals surface area contributed by atoms with E-state index in [-0.39, 0.29) is 0 Å². The molecule has 0 aromatic carbocycles. The third kappa shape index (κ3) is 3.58. The Hall–Kier alpha value is -1.85. The molecule has 1 N–H and O–H groups in total. The van der Waals surface area contributed by atoms with Crippen molar-refractivity contribution in [3.63, 3.8) is 0 Å². The van der Waals surface area contributed by atoms with Crippen molar-refractivity contribution in [2.75, 3.05) is 37.0 Å². The second-order valence-corrected chi connectivity index (χ2v) is 3.29. The second kappa shape index (κ2) is 6.67. The molecule has 0 spiro atoms. The molecule has 1 aromatic heterocycles. The van der Waals surface area contributed by atoms with Crippen molar-refractivity contribution in [2.24, 2.45) is 0 Å². The average Bonchev–Trinajstić information content (AvgIpc) is 2.37. The first-order valence-electron chi connectivity index (χ1n) is 5.64. The molecule has 17 heavy (non-hydrogen) atoms. The monoisotopic (exact) mass is 237 g/mol. The summed E-state index contributed by atoms with van der Waals surface area (Å²) in [5.74, 6) is 1.12. The van der Waals surface area contributed by atoms with E-state index in [4.69, 9.17) is 4.74 Å². The average molecular weight is 237 g/mol. The first-order chi connectivity index (χ1) is 8.24. The van der Waals surface area contributed by atoms with Crippen LogP contribution in [-0.4, -0.2) is 41.7 Å². The number of aromatic nitrogens is 3. The van der Waals surface area contributed by atoms with Gasteiger partial charge in [-0.2, -0.15) is 15.0 Å². The fraction of sp³-hybridized carbons (Fsp3) is 0.545. The predicted molar refractivity (Wildman–Crippen MR) is 68.6 cm³/mol. The summed E-state index contributed by atoms with van der Waals surface area (Å²) in [6, 6.07) is 0.313. The number of hydrogen-bond donors (Lipinski definition) is 1. The molecule has 1 heterocycles. The van der Waals surface area contributed by atoms with Crippen LogP contribution in [0.1, 0.15) is 13.8 Å². The fourth-order valence-corrected chi connectivity index (χ4v) is 1.33.